The number of nitrogens with one attached hydrogen (secondary N) is 1. The van der Waals surface area contributed by atoms with Crippen LogP contribution in [0.25, 0.3) is 0 Å². The molecule has 0 saturated carbocycles. The first kappa shape index (κ1) is 27.7. The first-order chi connectivity index (χ1) is 15.4. The van der Waals surface area contributed by atoms with Crippen molar-refractivity contribution in [2.24, 2.45) is 5.73 Å². The molecule has 0 aromatic rings. The molecule has 15 nitrogen and oxygen atoms in total. The van der Waals surface area contributed by atoms with Gasteiger partial charge in [0.15, 0.2) is 12.6 Å². The molecule has 2 rings (SSSR count). The molecular weight excluding hydrogens is 452 g/mol. The van der Waals surface area contributed by atoms with Crippen LogP contribution in [-0.2, 0) is 28.5 Å². The summed E-state index contributed by atoms with van der Waals surface area (Å²) in [4.78, 5) is 23.0. The quantitative estimate of drug-likeness (QED) is 0.148. The minimum absolute atomic E-state index is 0.621. The highest BCUT2D eigenvalue weighted by atomic mass is 16.7. The van der Waals surface area contributed by atoms with Crippen molar-refractivity contribution in [1.29, 1.82) is 0 Å². The molecule has 2 aliphatic rings. The molecule has 2 saturated heterocycles. The van der Waals surface area contributed by atoms with Crippen molar-refractivity contribution < 1.29 is 64.3 Å². The van der Waals surface area contributed by atoms with Crippen LogP contribution in [0.4, 0.5) is 0 Å². The van der Waals surface area contributed by atoms with Crippen LogP contribution in [0.5, 0.6) is 0 Å². The summed E-state index contributed by atoms with van der Waals surface area (Å²) in [6, 6.07) is -2.80. The Morgan fingerprint density at radius 3 is 2.03 bits per heavy atom. The minimum atomic E-state index is -1.82. The molecule has 10 N–H and O–H groups in total. The van der Waals surface area contributed by atoms with Crippen LogP contribution in [0.3, 0.4) is 0 Å². The van der Waals surface area contributed by atoms with Crippen molar-refractivity contribution in [2.45, 2.75) is 87.3 Å². The zero-order valence-electron chi connectivity index (χ0n) is 18.0. The Hall–Kier alpha value is -1.50. The fraction of sp³-hybridized carbons (Fsp3) is 0.889. The highest BCUT2D eigenvalue weighted by Gasteiger charge is 2.52. The van der Waals surface area contributed by atoms with E-state index in [0.29, 0.717) is 0 Å². The maximum atomic E-state index is 11.8. The average Bonchev–Trinajstić information content (AvgIpc) is 2.76. The first-order valence-corrected chi connectivity index (χ1v) is 10.2. The minimum Gasteiger partial charge on any atom is -0.480 e. The average molecular weight is 484 g/mol. The summed E-state index contributed by atoms with van der Waals surface area (Å²) in [6.07, 6.45) is -15.3. The van der Waals surface area contributed by atoms with E-state index in [1.54, 1.807) is 0 Å². The summed E-state index contributed by atoms with van der Waals surface area (Å²) in [6.45, 7) is 1.01. The Bertz CT molecular complexity index is 667. The number of carbonyl (C=O) groups excluding carboxylic acids is 1. The van der Waals surface area contributed by atoms with Crippen molar-refractivity contribution in [3.63, 3.8) is 0 Å². The van der Waals surface area contributed by atoms with Crippen molar-refractivity contribution in [3.8, 4) is 0 Å². The number of aliphatic hydroxyl groups excluding tert-OH is 6. The van der Waals surface area contributed by atoms with Crippen LogP contribution < -0.4 is 11.1 Å². The van der Waals surface area contributed by atoms with E-state index in [4.69, 9.17) is 29.8 Å². The molecule has 0 spiro atoms. The van der Waals surface area contributed by atoms with Gasteiger partial charge in [-0.2, -0.15) is 0 Å². The van der Waals surface area contributed by atoms with Crippen LogP contribution in [-0.4, -0.2) is 134 Å². The van der Waals surface area contributed by atoms with Crippen LogP contribution in [0, 0.1) is 0 Å². The number of carbonyl (C=O) groups is 2. The molecule has 33 heavy (non-hydrogen) atoms. The third-order valence-electron chi connectivity index (χ3n) is 5.50. The number of rotatable bonds is 9. The Labute approximate surface area is 188 Å². The Balaban J connectivity index is 2.32. The summed E-state index contributed by atoms with van der Waals surface area (Å²) >= 11 is 0. The van der Waals surface area contributed by atoms with Gasteiger partial charge in [0.2, 0.25) is 5.91 Å². The fourth-order valence-corrected chi connectivity index (χ4v) is 3.57. The molecular formula is C18H32N2O13. The molecule has 1 amide bonds. The molecule has 12 atom stereocenters. The van der Waals surface area contributed by atoms with Crippen LogP contribution in [0.15, 0.2) is 0 Å². The normalized spacial score (nSPS) is 41.2. The molecule has 0 bridgehead atoms. The predicted octanol–water partition coefficient (Wildman–Crippen LogP) is -5.43. The van der Waals surface area contributed by atoms with Gasteiger partial charge in [-0.1, -0.05) is 0 Å². The number of amides is 1. The highest BCUT2D eigenvalue weighted by molar-refractivity contribution is 5.74. The number of nitrogens with two attached hydrogens (primary N) is 1. The third-order valence-corrected chi connectivity index (χ3v) is 5.50. The molecule has 192 valence electrons. The van der Waals surface area contributed by atoms with Gasteiger partial charge in [-0.05, 0) is 6.92 Å². The molecule has 2 aliphatic heterocycles. The van der Waals surface area contributed by atoms with E-state index in [0.717, 1.165) is 6.92 Å². The van der Waals surface area contributed by atoms with E-state index in [9.17, 15) is 40.2 Å². The summed E-state index contributed by atoms with van der Waals surface area (Å²) < 4.78 is 22.0. The first-order valence-electron chi connectivity index (χ1n) is 10.2. The number of carboxylic acid groups (broad SMARTS) is 1. The van der Waals surface area contributed by atoms with E-state index >= 15 is 0 Å². The lowest BCUT2D eigenvalue weighted by Crippen LogP contribution is -2.68. The second kappa shape index (κ2) is 11.8. The van der Waals surface area contributed by atoms with Crippen molar-refractivity contribution in [2.75, 3.05) is 13.2 Å². The number of aliphatic carboxylic acids is 1. The zero-order valence-corrected chi connectivity index (χ0v) is 18.0. The monoisotopic (exact) mass is 484 g/mol. The van der Waals surface area contributed by atoms with E-state index in [1.165, 1.54) is 6.92 Å². The topological polar surface area (TPSA) is 251 Å². The smallest absolute Gasteiger partial charge is 0.323 e. The van der Waals surface area contributed by atoms with E-state index < -0.39 is 98.6 Å². The number of hydrogen-bond donors (Lipinski definition) is 9. The number of ether oxygens (including phenoxy) is 4. The maximum Gasteiger partial charge on any atom is 0.323 e. The summed E-state index contributed by atoms with van der Waals surface area (Å²) in [7, 11) is 0. The van der Waals surface area contributed by atoms with Crippen LogP contribution in [0.1, 0.15) is 13.8 Å². The lowest BCUT2D eigenvalue weighted by molar-refractivity contribution is -0.347. The standard InChI is InChI=1S/C18H32N2O13/c1-5(9(19)16(28)29)30-17-10(20-6(2)23)15(12(25)8(4-22)31-17)33-18-14(27)13(26)11(24)7(3-21)32-18/h5,7-15,17-18,21-22,24-27H,3-4,19H2,1-2H3,(H,20,23)(H,28,29)/t5-,7?,8?,9+,10+,11+,12+,13+,14+,15-,17+,18+/m1/s1. The SMILES string of the molecule is CC(=O)N[C@@H]1[C@@H](O[C@H](C)[C@H](N)C(=O)O)OC(CO)[C@H](O)[C@@H]1O[C@@H]1OC(CO)[C@H](O)[C@H](O)[C@@H]1O. The van der Waals surface area contributed by atoms with E-state index in [-0.39, 0.29) is 0 Å². The number of carboxylic acids is 1. The Morgan fingerprint density at radius 1 is 0.970 bits per heavy atom. The van der Waals surface area contributed by atoms with Gasteiger partial charge in [-0.3, -0.25) is 9.59 Å². The lowest BCUT2D eigenvalue weighted by Gasteiger charge is -2.47. The van der Waals surface area contributed by atoms with Crippen molar-refractivity contribution in [3.05, 3.63) is 0 Å². The van der Waals surface area contributed by atoms with Crippen molar-refractivity contribution >= 4 is 11.9 Å². The second-order valence-electron chi connectivity index (χ2n) is 7.95. The molecule has 0 radical (unpaired) electrons. The summed E-state index contributed by atoms with van der Waals surface area (Å²) in [5.74, 6) is -1.99. The van der Waals surface area contributed by atoms with Gasteiger partial charge < -0.3 is 65.7 Å². The highest BCUT2D eigenvalue weighted by Crippen LogP contribution is 2.30. The molecule has 2 heterocycles. The van der Waals surface area contributed by atoms with Gasteiger partial charge in [0.1, 0.15) is 54.8 Å². The summed E-state index contributed by atoms with van der Waals surface area (Å²) in [5, 5.41) is 71.4. The van der Waals surface area contributed by atoms with Crippen LogP contribution in [0.2, 0.25) is 0 Å². The summed E-state index contributed by atoms with van der Waals surface area (Å²) in [5.41, 5.74) is 5.55. The number of hydrogen-bond acceptors (Lipinski definition) is 13. The van der Waals surface area contributed by atoms with Crippen LogP contribution >= 0.6 is 0 Å². The van der Waals surface area contributed by atoms with Gasteiger partial charge in [0.25, 0.3) is 0 Å². The van der Waals surface area contributed by atoms with Gasteiger partial charge in [-0.25, -0.2) is 0 Å². The molecule has 0 aromatic heterocycles. The van der Waals surface area contributed by atoms with Gasteiger partial charge in [-0.15, -0.1) is 0 Å². The maximum absolute atomic E-state index is 11.8. The van der Waals surface area contributed by atoms with E-state index in [2.05, 4.69) is 5.32 Å². The Kier molecular flexibility index (Phi) is 9.89. The Morgan fingerprint density at radius 2 is 1.52 bits per heavy atom. The fourth-order valence-electron chi connectivity index (χ4n) is 3.57. The molecule has 15 heteroatoms. The lowest BCUT2D eigenvalue weighted by atomic mass is 9.95. The largest absolute Gasteiger partial charge is 0.480 e. The molecule has 2 fully saturated rings. The molecule has 0 aliphatic carbocycles. The van der Waals surface area contributed by atoms with Gasteiger partial charge in [0.05, 0.1) is 19.3 Å². The molecule has 2 unspecified atom stereocenters. The number of aliphatic hydroxyl groups is 6. The van der Waals surface area contributed by atoms with Gasteiger partial charge in [0, 0.05) is 6.92 Å². The molecule has 0 aromatic carbocycles. The second-order valence-corrected chi connectivity index (χ2v) is 7.95. The van der Waals surface area contributed by atoms with Crippen molar-refractivity contribution in [1.82, 2.24) is 5.32 Å². The zero-order chi connectivity index (χ0) is 25.0. The third kappa shape index (κ3) is 6.34. The predicted molar refractivity (Wildman–Crippen MR) is 104 cm³/mol. The van der Waals surface area contributed by atoms with E-state index in [1.807, 2.05) is 0 Å². The van der Waals surface area contributed by atoms with Gasteiger partial charge >= 0.3 is 5.97 Å².